The zero-order chi connectivity index (χ0) is 5.86. The first-order chi connectivity index (χ1) is 3.13. The summed E-state index contributed by atoms with van der Waals surface area (Å²) in [5, 5.41) is 16.8. The number of rotatable bonds is 2. The van der Waals surface area contributed by atoms with Gasteiger partial charge < -0.3 is 10.0 Å². The Bertz CT molecular complexity index is 42.2. The van der Waals surface area contributed by atoms with Crippen molar-refractivity contribution in [3.05, 3.63) is 0 Å². The third-order valence-corrected chi connectivity index (χ3v) is 1.18. The van der Waals surface area contributed by atoms with Gasteiger partial charge in [0, 0.05) is 0 Å². The lowest BCUT2D eigenvalue weighted by Crippen LogP contribution is -2.08. The second-order valence-electron chi connectivity index (χ2n) is 1.51. The van der Waals surface area contributed by atoms with Crippen molar-refractivity contribution < 1.29 is 10.0 Å². The highest BCUT2D eigenvalue weighted by atomic mass is 32.2. The minimum Gasteiger partial charge on any atom is -0.418 e. The summed E-state index contributed by atoms with van der Waals surface area (Å²) in [7, 11) is 0. The highest BCUT2D eigenvalue weighted by Crippen LogP contribution is 2.08. The van der Waals surface area contributed by atoms with E-state index in [9.17, 15) is 0 Å². The molecule has 42 valence electrons. The average molecular weight is 120 g/mol. The monoisotopic (exact) mass is 120 g/mol. The molecule has 0 aromatic rings. The minimum absolute atomic E-state index is 0.292. The van der Waals surface area contributed by atoms with E-state index in [1.54, 1.807) is 0 Å². The molecule has 0 bridgehead atoms. The molecular weight excluding hydrogens is 111 g/mol. The molecule has 0 unspecified atom stereocenters. The van der Waals surface area contributed by atoms with E-state index in [2.05, 4.69) is 0 Å². The van der Waals surface area contributed by atoms with E-state index in [4.69, 9.17) is 10.0 Å². The summed E-state index contributed by atoms with van der Waals surface area (Å²) >= 11 is 1.12. The standard InChI is InChI=1S/C3H9BO2S/c1-3(2)7-4(5)6/h3,5-6H,1-2H3. The molecular formula is C3H9BO2S. The molecule has 0 aromatic heterocycles. The molecule has 0 fully saturated rings. The van der Waals surface area contributed by atoms with Gasteiger partial charge in [0.2, 0.25) is 0 Å². The summed E-state index contributed by atoms with van der Waals surface area (Å²) in [5.41, 5.74) is 0. The molecule has 0 atom stereocenters. The van der Waals surface area contributed by atoms with Crippen molar-refractivity contribution >= 4 is 18.0 Å². The Hall–Kier alpha value is 0.335. The van der Waals surface area contributed by atoms with E-state index in [0.29, 0.717) is 5.25 Å². The van der Waals surface area contributed by atoms with E-state index in [0.717, 1.165) is 11.6 Å². The second-order valence-corrected chi connectivity index (χ2v) is 3.15. The number of hydrogen-bond donors (Lipinski definition) is 2. The molecule has 0 aliphatic carbocycles. The maximum atomic E-state index is 8.24. The van der Waals surface area contributed by atoms with Gasteiger partial charge in [-0.2, -0.15) is 0 Å². The van der Waals surface area contributed by atoms with Crippen LogP contribution >= 0.6 is 11.6 Å². The molecule has 0 saturated heterocycles. The Morgan fingerprint density at radius 3 is 1.86 bits per heavy atom. The van der Waals surface area contributed by atoms with Gasteiger partial charge in [-0.15, -0.1) is 11.6 Å². The first-order valence-corrected chi connectivity index (χ1v) is 3.09. The van der Waals surface area contributed by atoms with Crippen molar-refractivity contribution in [2.45, 2.75) is 19.1 Å². The summed E-state index contributed by atoms with van der Waals surface area (Å²) in [6.45, 7) is 3.81. The van der Waals surface area contributed by atoms with Crippen LogP contribution in [0.25, 0.3) is 0 Å². The molecule has 0 radical (unpaired) electrons. The maximum Gasteiger partial charge on any atom is 0.526 e. The smallest absolute Gasteiger partial charge is 0.418 e. The summed E-state index contributed by atoms with van der Waals surface area (Å²) in [5.74, 6) is 0. The predicted molar refractivity (Wildman–Crippen MR) is 32.9 cm³/mol. The lowest BCUT2D eigenvalue weighted by Gasteiger charge is -1.99. The molecule has 2 nitrogen and oxygen atoms in total. The molecule has 7 heavy (non-hydrogen) atoms. The van der Waals surface area contributed by atoms with Crippen molar-refractivity contribution in [3.63, 3.8) is 0 Å². The van der Waals surface area contributed by atoms with Crippen molar-refractivity contribution in [3.8, 4) is 0 Å². The van der Waals surface area contributed by atoms with Crippen LogP contribution in [0.4, 0.5) is 0 Å². The first kappa shape index (κ1) is 7.33. The van der Waals surface area contributed by atoms with Crippen LogP contribution in [0.5, 0.6) is 0 Å². The zero-order valence-corrected chi connectivity index (χ0v) is 5.27. The van der Waals surface area contributed by atoms with Gasteiger partial charge in [-0.1, -0.05) is 13.8 Å². The minimum atomic E-state index is -1.21. The maximum absolute atomic E-state index is 8.24. The van der Waals surface area contributed by atoms with E-state index in [1.165, 1.54) is 0 Å². The van der Waals surface area contributed by atoms with E-state index in [1.807, 2.05) is 13.8 Å². The lowest BCUT2D eigenvalue weighted by atomic mass is 10.4. The summed E-state index contributed by atoms with van der Waals surface area (Å²) < 4.78 is 0. The Balaban J connectivity index is 2.95. The SMILES string of the molecule is CC(C)SB(O)O. The molecule has 0 amide bonds. The normalized spacial score (nSPS) is 9.86. The third kappa shape index (κ3) is 6.33. The third-order valence-electron chi connectivity index (χ3n) is 0.394. The van der Waals surface area contributed by atoms with E-state index >= 15 is 0 Å². The van der Waals surface area contributed by atoms with Gasteiger partial charge in [-0.05, 0) is 5.25 Å². The topological polar surface area (TPSA) is 40.5 Å². The highest BCUT2D eigenvalue weighted by molar-refractivity contribution is 8.24. The van der Waals surface area contributed by atoms with Crippen LogP contribution in [0.15, 0.2) is 0 Å². The van der Waals surface area contributed by atoms with Crippen LogP contribution in [-0.4, -0.2) is 21.7 Å². The molecule has 4 heteroatoms. The molecule has 0 saturated carbocycles. The first-order valence-electron chi connectivity index (χ1n) is 2.14. The summed E-state index contributed by atoms with van der Waals surface area (Å²) in [4.78, 5) is 0. The Morgan fingerprint density at radius 2 is 1.86 bits per heavy atom. The van der Waals surface area contributed by atoms with Crippen molar-refractivity contribution in [1.82, 2.24) is 0 Å². The van der Waals surface area contributed by atoms with Gasteiger partial charge in [0.05, 0.1) is 0 Å². The Labute approximate surface area is 48.0 Å². The van der Waals surface area contributed by atoms with Gasteiger partial charge in [0.25, 0.3) is 0 Å². The van der Waals surface area contributed by atoms with Crippen molar-refractivity contribution in [2.24, 2.45) is 0 Å². The fourth-order valence-electron chi connectivity index (χ4n) is 0.243. The Kier molecular flexibility index (Phi) is 3.51. The van der Waals surface area contributed by atoms with Crippen LogP contribution in [0.1, 0.15) is 13.8 Å². The number of hydrogen-bond acceptors (Lipinski definition) is 3. The molecule has 0 spiro atoms. The van der Waals surface area contributed by atoms with E-state index < -0.39 is 6.40 Å². The van der Waals surface area contributed by atoms with Crippen molar-refractivity contribution in [1.29, 1.82) is 0 Å². The fourth-order valence-corrected chi connectivity index (χ4v) is 0.730. The van der Waals surface area contributed by atoms with Gasteiger partial charge in [-0.3, -0.25) is 0 Å². The molecule has 0 aliphatic heterocycles. The molecule has 0 rings (SSSR count). The van der Waals surface area contributed by atoms with Crippen LogP contribution in [0, 0.1) is 0 Å². The fraction of sp³-hybridized carbons (Fsp3) is 1.00. The van der Waals surface area contributed by atoms with Crippen molar-refractivity contribution in [2.75, 3.05) is 0 Å². The zero-order valence-electron chi connectivity index (χ0n) is 4.46. The molecule has 0 heterocycles. The van der Waals surface area contributed by atoms with Gasteiger partial charge in [-0.25, -0.2) is 0 Å². The van der Waals surface area contributed by atoms with Gasteiger partial charge >= 0.3 is 6.40 Å². The Morgan fingerprint density at radius 1 is 1.43 bits per heavy atom. The molecule has 2 N–H and O–H groups in total. The van der Waals surface area contributed by atoms with Crippen LogP contribution in [0.2, 0.25) is 0 Å². The predicted octanol–water partition coefficient (Wildman–Crippen LogP) is 0.0975. The quantitative estimate of drug-likeness (QED) is 0.507. The lowest BCUT2D eigenvalue weighted by molar-refractivity contribution is 0.437. The molecule has 0 aromatic carbocycles. The van der Waals surface area contributed by atoms with Gasteiger partial charge in [0.1, 0.15) is 0 Å². The van der Waals surface area contributed by atoms with Crippen LogP contribution in [-0.2, 0) is 0 Å². The summed E-state index contributed by atoms with van der Waals surface area (Å²) in [6.07, 6.45) is -1.21. The van der Waals surface area contributed by atoms with Crippen LogP contribution < -0.4 is 0 Å². The highest BCUT2D eigenvalue weighted by Gasteiger charge is 2.08. The summed E-state index contributed by atoms with van der Waals surface area (Å²) in [6, 6.07) is 0. The molecule has 0 aliphatic rings. The largest absolute Gasteiger partial charge is 0.526 e. The van der Waals surface area contributed by atoms with Crippen LogP contribution in [0.3, 0.4) is 0 Å². The van der Waals surface area contributed by atoms with Gasteiger partial charge in [0.15, 0.2) is 0 Å². The van der Waals surface area contributed by atoms with E-state index in [-0.39, 0.29) is 0 Å². The second kappa shape index (κ2) is 3.35. The average Bonchev–Trinajstić information content (AvgIpc) is 1.27.